The van der Waals surface area contributed by atoms with Gasteiger partial charge in [-0.1, -0.05) is 17.9 Å². The van der Waals surface area contributed by atoms with Crippen molar-refractivity contribution in [3.63, 3.8) is 0 Å². The van der Waals surface area contributed by atoms with Crippen LogP contribution in [0, 0.1) is 28.6 Å². The summed E-state index contributed by atoms with van der Waals surface area (Å²) in [5.74, 6) is 5.68. The molecule has 0 radical (unpaired) electrons. The number of aliphatic imine (C=N–C) groups is 1. The van der Waals surface area contributed by atoms with Gasteiger partial charge in [0.1, 0.15) is 17.7 Å². The van der Waals surface area contributed by atoms with Crippen molar-refractivity contribution < 1.29 is 32.3 Å². The number of morpholine rings is 1. The molecule has 5 fully saturated rings. The molecular weight excluding hydrogens is 822 g/mol. The summed E-state index contributed by atoms with van der Waals surface area (Å²) in [6.07, 6.45) is 4.58. The number of likely N-dealkylation sites (tertiary alicyclic amines) is 1. The SMILES string of the molecule is Cn1c(=O)n(C2CCC(=O)NC2=O)c2cccc(C#CCN3CCN(C[C@H]4CC[C@H](N/C=C(/NC(=O)/C(C=N)=C5\N=C(N6C[C@H]7C[C@@H]6CO7)C=CN5)C(=N)C(F)(F)F)CC4)CC3)c21. The number of piperazine rings is 1. The molecule has 1 saturated carbocycles. The molecule has 1 unspecified atom stereocenters. The van der Waals surface area contributed by atoms with Crippen molar-refractivity contribution in [1.29, 1.82) is 10.8 Å². The average Bonchev–Trinajstić information content (AvgIpc) is 3.98. The topological polar surface area (TPSA) is 205 Å². The van der Waals surface area contributed by atoms with Crippen LogP contribution in [0.2, 0.25) is 0 Å². The third-order valence-corrected chi connectivity index (χ3v) is 12.8. The zero-order chi connectivity index (χ0) is 44.4. The van der Waals surface area contributed by atoms with Gasteiger partial charge in [-0.05, 0) is 62.7 Å². The summed E-state index contributed by atoms with van der Waals surface area (Å²) < 4.78 is 50.1. The van der Waals surface area contributed by atoms with Crippen molar-refractivity contribution >= 4 is 46.5 Å². The van der Waals surface area contributed by atoms with Crippen molar-refractivity contribution in [3.8, 4) is 11.8 Å². The fourth-order valence-electron chi connectivity index (χ4n) is 9.34. The lowest BCUT2D eigenvalue weighted by molar-refractivity contribution is -0.135. The first-order chi connectivity index (χ1) is 30.3. The van der Waals surface area contributed by atoms with E-state index in [1.807, 2.05) is 12.1 Å². The van der Waals surface area contributed by atoms with Gasteiger partial charge in [-0.3, -0.25) is 39.1 Å². The molecule has 17 nitrogen and oxygen atoms in total. The maximum atomic E-state index is 13.8. The van der Waals surface area contributed by atoms with E-state index in [2.05, 4.69) is 52.8 Å². The van der Waals surface area contributed by atoms with E-state index in [1.54, 1.807) is 25.4 Å². The number of benzene rings is 1. The fraction of sp³-hybridized carbons (Fsp3) is 0.512. The number of imidazole rings is 1. The molecule has 6 N–H and O–H groups in total. The number of hydrogen-bond donors (Lipinski definition) is 6. The number of allylic oxidation sites excluding steroid dienone is 1. The van der Waals surface area contributed by atoms with E-state index in [-0.39, 0.29) is 54.0 Å². The highest BCUT2D eigenvalue weighted by molar-refractivity contribution is 6.16. The summed E-state index contributed by atoms with van der Waals surface area (Å²) >= 11 is 0. The summed E-state index contributed by atoms with van der Waals surface area (Å²) in [6.45, 7) is 6.03. The van der Waals surface area contributed by atoms with E-state index in [0.717, 1.165) is 64.4 Å². The smallest absolute Gasteiger partial charge is 0.386 e. The molecule has 6 heterocycles. The lowest BCUT2D eigenvalue weighted by atomic mass is 9.85. The number of para-hydroxylation sites is 1. The van der Waals surface area contributed by atoms with Crippen LogP contribution in [-0.2, 0) is 26.2 Å². The lowest BCUT2D eigenvalue weighted by Gasteiger charge is -2.37. The van der Waals surface area contributed by atoms with Gasteiger partial charge in [0.15, 0.2) is 5.71 Å². The zero-order valence-corrected chi connectivity index (χ0v) is 34.9. The van der Waals surface area contributed by atoms with Gasteiger partial charge in [0.2, 0.25) is 11.8 Å². The van der Waals surface area contributed by atoms with Crippen molar-refractivity contribution in [3.05, 3.63) is 69.8 Å². The first-order valence-corrected chi connectivity index (χ1v) is 21.3. The van der Waals surface area contributed by atoms with Gasteiger partial charge < -0.3 is 35.9 Å². The Balaban J connectivity index is 0.817. The molecule has 3 atom stereocenters. The van der Waals surface area contributed by atoms with Crippen LogP contribution in [0.3, 0.4) is 0 Å². The Morgan fingerprint density at radius 1 is 1.08 bits per heavy atom. The van der Waals surface area contributed by atoms with Gasteiger partial charge >= 0.3 is 11.9 Å². The van der Waals surface area contributed by atoms with E-state index in [4.69, 9.17) is 15.6 Å². The zero-order valence-electron chi connectivity index (χ0n) is 34.9. The minimum absolute atomic E-state index is 0.0180. The summed E-state index contributed by atoms with van der Waals surface area (Å²) in [7, 11) is 1.66. The number of ether oxygens (including phenoxy) is 1. The minimum atomic E-state index is -5.02. The number of imide groups is 1. The van der Waals surface area contributed by atoms with Gasteiger partial charge in [0.25, 0.3) is 5.91 Å². The Kier molecular flexibility index (Phi) is 12.7. The number of alkyl halides is 3. The van der Waals surface area contributed by atoms with Crippen molar-refractivity contribution in [2.75, 3.05) is 52.4 Å². The van der Waals surface area contributed by atoms with Crippen molar-refractivity contribution in [2.45, 2.75) is 75.4 Å². The Hall–Kier alpha value is -6.04. The van der Waals surface area contributed by atoms with Crippen LogP contribution in [0.15, 0.2) is 63.6 Å². The number of amidine groups is 1. The Morgan fingerprint density at radius 3 is 2.52 bits per heavy atom. The molecule has 1 aromatic carbocycles. The summed E-state index contributed by atoms with van der Waals surface area (Å²) in [5.41, 5.74) is -1.16. The predicted molar refractivity (Wildman–Crippen MR) is 228 cm³/mol. The monoisotopic (exact) mass is 872 g/mol. The Labute approximate surface area is 361 Å². The number of hydrogen-bond acceptors (Lipinski definition) is 13. The number of carbonyl (C=O) groups is 3. The van der Waals surface area contributed by atoms with E-state index in [0.29, 0.717) is 60.9 Å². The first-order valence-electron chi connectivity index (χ1n) is 21.3. The quantitative estimate of drug-likeness (QED) is 0.0885. The second-order valence-corrected chi connectivity index (χ2v) is 16.9. The summed E-state index contributed by atoms with van der Waals surface area (Å²) in [4.78, 5) is 62.2. The number of nitrogens with one attached hydrogen (secondary N) is 6. The predicted octanol–water partition coefficient (Wildman–Crippen LogP) is 1.82. The summed E-state index contributed by atoms with van der Waals surface area (Å²) in [6, 6.07) is 4.68. The number of fused-ring (bicyclic) bond motifs is 3. The minimum Gasteiger partial charge on any atom is -0.386 e. The third kappa shape index (κ3) is 9.50. The fourth-order valence-corrected chi connectivity index (χ4v) is 9.34. The average molecular weight is 873 g/mol. The Morgan fingerprint density at radius 2 is 1.84 bits per heavy atom. The molecule has 20 heteroatoms. The largest absolute Gasteiger partial charge is 0.434 e. The maximum Gasteiger partial charge on any atom is 0.434 e. The van der Waals surface area contributed by atoms with E-state index in [9.17, 15) is 32.3 Å². The number of amides is 3. The first kappa shape index (κ1) is 43.6. The van der Waals surface area contributed by atoms with Gasteiger partial charge in [-0.15, -0.1) is 0 Å². The van der Waals surface area contributed by atoms with Crippen molar-refractivity contribution in [1.82, 2.24) is 45.1 Å². The van der Waals surface area contributed by atoms with Gasteiger partial charge in [-0.2, -0.15) is 13.2 Å². The van der Waals surface area contributed by atoms with Crippen LogP contribution in [0.5, 0.6) is 0 Å². The number of nitrogens with zero attached hydrogens (tertiary/aromatic N) is 6. The van der Waals surface area contributed by atoms with E-state index in [1.165, 1.54) is 9.13 Å². The van der Waals surface area contributed by atoms with Crippen molar-refractivity contribution in [2.24, 2.45) is 18.0 Å². The molecule has 6 aliphatic rings. The van der Waals surface area contributed by atoms with Crippen LogP contribution < -0.4 is 27.0 Å². The Bertz CT molecular complexity index is 2420. The van der Waals surface area contributed by atoms with Crippen LogP contribution >= 0.6 is 0 Å². The second-order valence-electron chi connectivity index (χ2n) is 16.9. The van der Waals surface area contributed by atoms with Crippen LogP contribution in [0.4, 0.5) is 13.2 Å². The number of halogens is 3. The van der Waals surface area contributed by atoms with E-state index < -0.39 is 35.4 Å². The molecule has 3 amide bonds. The second kappa shape index (κ2) is 18.4. The van der Waals surface area contributed by atoms with Crippen LogP contribution in [-0.4, -0.2) is 136 Å². The summed E-state index contributed by atoms with van der Waals surface area (Å²) in [5, 5.41) is 26.2. The van der Waals surface area contributed by atoms with Gasteiger partial charge in [0.05, 0.1) is 53.2 Å². The standard InChI is InChI=1S/C43H51F3N12O5/c1-54-37-27(4-2-6-33(37)58(42(54)62)34-11-12-36(59)53-41(34)61)5-3-15-55-16-18-56(19-17-55)23-26-7-9-28(10-8-26)50-22-32(38(48)43(44,45)46)51-40(60)31(21-47)39-49-14-13-35(52-39)57-24-30-20-29(57)25-63-30/h2,4,6,13-14,21-22,26,28-30,34,47-50H,7-12,15-20,23-25H2,1H3,(H,51,60)(H,53,59,61)/b32-22+,39-31-,47-21?,48-38?/t26-,28-,29-,30-,34?/m1/s1. The normalized spacial score (nSPS) is 26.4. The molecule has 334 valence electrons. The highest BCUT2D eigenvalue weighted by Gasteiger charge is 2.41. The molecule has 63 heavy (non-hydrogen) atoms. The molecule has 1 aromatic heterocycles. The maximum absolute atomic E-state index is 13.8. The van der Waals surface area contributed by atoms with Crippen LogP contribution in [0.25, 0.3) is 11.0 Å². The molecular formula is C43H51F3N12O5. The molecule has 8 rings (SSSR count). The molecule has 2 aromatic rings. The van der Waals surface area contributed by atoms with Gasteiger partial charge in [0, 0.05) is 77.4 Å². The van der Waals surface area contributed by atoms with E-state index >= 15 is 0 Å². The number of carbonyl (C=O) groups excluding carboxylic acids is 3. The highest BCUT2D eigenvalue weighted by atomic mass is 19.4. The van der Waals surface area contributed by atoms with Crippen LogP contribution in [0.1, 0.15) is 56.6 Å². The molecule has 0 spiro atoms. The molecule has 2 bridgehead atoms. The molecule has 5 aliphatic heterocycles. The molecule has 1 aliphatic carbocycles. The third-order valence-electron chi connectivity index (χ3n) is 12.8. The van der Waals surface area contributed by atoms with Gasteiger partial charge in [-0.25, -0.2) is 9.79 Å². The number of piperidine rings is 1. The lowest BCUT2D eigenvalue weighted by Crippen LogP contribution is -2.48. The number of rotatable bonds is 10. The molecule has 4 saturated heterocycles. The number of aryl methyl sites for hydroxylation is 1. The number of aromatic nitrogens is 2. The highest BCUT2D eigenvalue weighted by Crippen LogP contribution is 2.30.